The highest BCUT2D eigenvalue weighted by Gasteiger charge is 2.28. The summed E-state index contributed by atoms with van der Waals surface area (Å²) in [6, 6.07) is -1.02. The zero-order chi connectivity index (χ0) is 32.5. The molecule has 4 atom stereocenters. The summed E-state index contributed by atoms with van der Waals surface area (Å²) in [6.07, 6.45) is 38.2. The normalized spacial score (nSPS) is 15.3. The quantitative estimate of drug-likeness (QED) is 0.0413. The summed E-state index contributed by atoms with van der Waals surface area (Å²) in [5.74, 6) is -0.614. The van der Waals surface area contributed by atoms with Gasteiger partial charge in [0.15, 0.2) is 0 Å². The van der Waals surface area contributed by atoms with Gasteiger partial charge >= 0.3 is 0 Å². The fourth-order valence-corrected chi connectivity index (χ4v) is 4.88. The average molecular weight is 618 g/mol. The zero-order valence-corrected chi connectivity index (χ0v) is 28.1. The first-order valence-electron chi connectivity index (χ1n) is 17.6. The highest BCUT2D eigenvalue weighted by atomic mass is 16.3. The molecule has 0 aliphatic heterocycles. The standard InChI is InChI=1S/C38H67NO5/c1-3-5-7-9-11-13-15-17-18-19-20-22-24-26-28-30-32-36(42)38(44)39-34(33-40)37(43)35(41)31-29-27-25-23-21-16-14-12-10-8-6-4-2/h4,6,11-14,17-18,23,25,34-37,40-43H,3,5,7-10,15-16,19-22,24,26-33H2,1-2H3,(H,39,44)/b6-4+,13-11-,14-12+,18-17-,25-23+. The Bertz CT molecular complexity index is 788. The SMILES string of the molecule is C/C=C/CC/C=C/CC/C=C/CCCC(O)C(O)C(CO)NC(=O)C(O)CCCCCCCC/C=C\C/C=C\CCCCC. The Labute approximate surface area is 270 Å². The topological polar surface area (TPSA) is 110 Å². The number of rotatable bonds is 30. The van der Waals surface area contributed by atoms with Crippen molar-refractivity contribution in [3.8, 4) is 0 Å². The van der Waals surface area contributed by atoms with Crippen LogP contribution in [0.25, 0.3) is 0 Å². The van der Waals surface area contributed by atoms with Gasteiger partial charge in [0.2, 0.25) is 5.91 Å². The molecule has 44 heavy (non-hydrogen) atoms. The Morgan fingerprint density at radius 2 is 1.11 bits per heavy atom. The minimum atomic E-state index is -1.30. The van der Waals surface area contributed by atoms with Gasteiger partial charge in [-0.15, -0.1) is 0 Å². The number of nitrogens with one attached hydrogen (secondary N) is 1. The van der Waals surface area contributed by atoms with Crippen LogP contribution in [0.4, 0.5) is 0 Å². The molecule has 0 radical (unpaired) electrons. The van der Waals surface area contributed by atoms with Crippen molar-refractivity contribution in [3.05, 3.63) is 60.8 Å². The molecule has 5 N–H and O–H groups in total. The van der Waals surface area contributed by atoms with Gasteiger partial charge in [0.25, 0.3) is 0 Å². The number of amides is 1. The Balaban J connectivity index is 3.94. The molecule has 254 valence electrons. The smallest absolute Gasteiger partial charge is 0.249 e. The van der Waals surface area contributed by atoms with E-state index in [2.05, 4.69) is 73.0 Å². The minimum absolute atomic E-state index is 0.343. The third kappa shape index (κ3) is 26.4. The maximum absolute atomic E-state index is 12.4. The molecule has 0 rings (SSSR count). The highest BCUT2D eigenvalue weighted by molar-refractivity contribution is 5.80. The molecule has 1 amide bonds. The molecule has 0 aromatic carbocycles. The fraction of sp³-hybridized carbons (Fsp3) is 0.711. The van der Waals surface area contributed by atoms with Crippen molar-refractivity contribution in [1.82, 2.24) is 5.32 Å². The molecule has 6 nitrogen and oxygen atoms in total. The van der Waals surface area contributed by atoms with E-state index in [-0.39, 0.29) is 0 Å². The first-order valence-corrected chi connectivity index (χ1v) is 17.6. The summed E-state index contributed by atoms with van der Waals surface area (Å²) < 4.78 is 0. The van der Waals surface area contributed by atoms with Crippen molar-refractivity contribution in [3.63, 3.8) is 0 Å². The van der Waals surface area contributed by atoms with Gasteiger partial charge in [0.1, 0.15) is 12.2 Å². The molecule has 0 heterocycles. The van der Waals surface area contributed by atoms with Crippen LogP contribution in [0.1, 0.15) is 142 Å². The van der Waals surface area contributed by atoms with Gasteiger partial charge < -0.3 is 25.7 Å². The number of aliphatic hydroxyl groups excluding tert-OH is 4. The van der Waals surface area contributed by atoms with Gasteiger partial charge in [-0.25, -0.2) is 0 Å². The molecular weight excluding hydrogens is 550 g/mol. The molecular formula is C38H67NO5. The zero-order valence-electron chi connectivity index (χ0n) is 28.1. The number of hydrogen-bond acceptors (Lipinski definition) is 5. The summed E-state index contributed by atoms with van der Waals surface area (Å²) in [7, 11) is 0. The maximum atomic E-state index is 12.4. The van der Waals surface area contributed by atoms with Crippen LogP contribution in [0, 0.1) is 0 Å². The Hall–Kier alpha value is -1.99. The van der Waals surface area contributed by atoms with Crippen LogP contribution in [0.5, 0.6) is 0 Å². The summed E-state index contributed by atoms with van der Waals surface area (Å²) in [4.78, 5) is 12.4. The molecule has 0 aliphatic rings. The first-order chi connectivity index (χ1) is 21.5. The molecule has 0 bridgehead atoms. The van der Waals surface area contributed by atoms with Gasteiger partial charge in [0.05, 0.1) is 18.8 Å². The molecule has 0 aliphatic carbocycles. The molecule has 0 saturated heterocycles. The number of carbonyl (C=O) groups excluding carboxylic acids is 1. The second-order valence-corrected chi connectivity index (χ2v) is 11.8. The van der Waals surface area contributed by atoms with Crippen molar-refractivity contribution >= 4 is 5.91 Å². The van der Waals surface area contributed by atoms with Crippen molar-refractivity contribution in [2.24, 2.45) is 0 Å². The predicted octanol–water partition coefficient (Wildman–Crippen LogP) is 8.17. The molecule has 0 saturated carbocycles. The highest BCUT2D eigenvalue weighted by Crippen LogP contribution is 2.13. The first kappa shape index (κ1) is 42.0. The van der Waals surface area contributed by atoms with Crippen LogP contribution in [0.15, 0.2) is 60.8 Å². The van der Waals surface area contributed by atoms with Crippen LogP contribution >= 0.6 is 0 Å². The summed E-state index contributed by atoms with van der Waals surface area (Å²) in [5.41, 5.74) is 0. The second-order valence-electron chi connectivity index (χ2n) is 11.8. The van der Waals surface area contributed by atoms with E-state index in [9.17, 15) is 25.2 Å². The number of hydrogen-bond donors (Lipinski definition) is 5. The maximum Gasteiger partial charge on any atom is 0.249 e. The van der Waals surface area contributed by atoms with E-state index in [1.807, 2.05) is 6.92 Å². The lowest BCUT2D eigenvalue weighted by molar-refractivity contribution is -0.132. The van der Waals surface area contributed by atoms with Crippen molar-refractivity contribution in [2.75, 3.05) is 6.61 Å². The number of aliphatic hydroxyl groups is 4. The van der Waals surface area contributed by atoms with E-state index < -0.39 is 36.9 Å². The van der Waals surface area contributed by atoms with Gasteiger partial charge in [0, 0.05) is 0 Å². The van der Waals surface area contributed by atoms with E-state index in [0.29, 0.717) is 19.3 Å². The van der Waals surface area contributed by atoms with Gasteiger partial charge in [-0.2, -0.15) is 0 Å². The summed E-state index contributed by atoms with van der Waals surface area (Å²) in [6.45, 7) is 3.75. The van der Waals surface area contributed by atoms with Crippen molar-refractivity contribution < 1.29 is 25.2 Å². The van der Waals surface area contributed by atoms with Gasteiger partial charge in [-0.05, 0) is 90.4 Å². The number of unbranched alkanes of at least 4 members (excludes halogenated alkanes) is 12. The third-order valence-corrected chi connectivity index (χ3v) is 7.75. The van der Waals surface area contributed by atoms with E-state index in [1.165, 1.54) is 38.5 Å². The lowest BCUT2D eigenvalue weighted by Crippen LogP contribution is -2.53. The van der Waals surface area contributed by atoms with Crippen molar-refractivity contribution in [2.45, 2.75) is 167 Å². The second kappa shape index (κ2) is 32.4. The molecule has 0 spiro atoms. The monoisotopic (exact) mass is 618 g/mol. The Morgan fingerprint density at radius 1 is 0.614 bits per heavy atom. The molecule has 4 unspecified atom stereocenters. The van der Waals surface area contributed by atoms with E-state index in [1.54, 1.807) is 0 Å². The van der Waals surface area contributed by atoms with Crippen LogP contribution in [-0.4, -0.2) is 57.3 Å². The van der Waals surface area contributed by atoms with Gasteiger partial charge in [-0.3, -0.25) is 4.79 Å². The summed E-state index contributed by atoms with van der Waals surface area (Å²) in [5, 5.41) is 43.3. The lowest BCUT2D eigenvalue weighted by Gasteiger charge is -2.27. The summed E-state index contributed by atoms with van der Waals surface area (Å²) >= 11 is 0. The largest absolute Gasteiger partial charge is 0.394 e. The Kier molecular flexibility index (Phi) is 30.9. The molecule has 0 aromatic heterocycles. The van der Waals surface area contributed by atoms with Crippen LogP contribution < -0.4 is 5.32 Å². The third-order valence-electron chi connectivity index (χ3n) is 7.75. The number of allylic oxidation sites excluding steroid dienone is 10. The fourth-order valence-electron chi connectivity index (χ4n) is 4.88. The van der Waals surface area contributed by atoms with Crippen LogP contribution in [0.2, 0.25) is 0 Å². The van der Waals surface area contributed by atoms with E-state index in [4.69, 9.17) is 0 Å². The molecule has 6 heteroatoms. The van der Waals surface area contributed by atoms with Crippen LogP contribution in [0.3, 0.4) is 0 Å². The van der Waals surface area contributed by atoms with Crippen LogP contribution in [-0.2, 0) is 4.79 Å². The average Bonchev–Trinajstić information content (AvgIpc) is 3.03. The van der Waals surface area contributed by atoms with Gasteiger partial charge in [-0.1, -0.05) is 113 Å². The van der Waals surface area contributed by atoms with E-state index >= 15 is 0 Å². The molecule has 0 fully saturated rings. The predicted molar refractivity (Wildman–Crippen MR) is 186 cm³/mol. The minimum Gasteiger partial charge on any atom is -0.394 e. The number of carbonyl (C=O) groups is 1. The van der Waals surface area contributed by atoms with E-state index in [0.717, 1.165) is 70.6 Å². The van der Waals surface area contributed by atoms with Crippen molar-refractivity contribution in [1.29, 1.82) is 0 Å². The Morgan fingerprint density at radius 3 is 1.70 bits per heavy atom. The lowest BCUT2D eigenvalue weighted by atomic mass is 10.00. The molecule has 0 aromatic rings.